The standard InChI is InChI=1S/C56H31N5O2S2/c1-6-14-50-34(8-1)30-53(64-50)51-23-24-52(65-51)56-59-54(35-17-19-39-38-10-2-4-12-44(38)61(45(39)26-35)37-9-7-25-57-31-37)58-55(60-56)36-18-22-43-42-21-16-33(28-48(42)63-49(43)29-36)32-15-20-41-40-11-3-5-13-46(40)62-47(41)27-32/h1-31H. The molecule has 0 atom stereocenters. The summed E-state index contributed by atoms with van der Waals surface area (Å²) in [5.74, 6) is 1.77. The number of hydrogen-bond acceptors (Lipinski definition) is 8. The van der Waals surface area contributed by atoms with Gasteiger partial charge in [-0.2, -0.15) is 0 Å². The van der Waals surface area contributed by atoms with Gasteiger partial charge in [-0.3, -0.25) is 4.98 Å². The summed E-state index contributed by atoms with van der Waals surface area (Å²) in [6.45, 7) is 0. The van der Waals surface area contributed by atoms with E-state index in [1.165, 1.54) is 25.2 Å². The average Bonchev–Trinajstić information content (AvgIpc) is 4.21. The van der Waals surface area contributed by atoms with Crippen LogP contribution in [0.2, 0.25) is 0 Å². The molecule has 0 N–H and O–H groups in total. The van der Waals surface area contributed by atoms with E-state index in [0.717, 1.165) is 93.1 Å². The highest BCUT2D eigenvalue weighted by atomic mass is 32.1. The first-order chi connectivity index (χ1) is 32.1. The number of hydrogen-bond donors (Lipinski definition) is 0. The van der Waals surface area contributed by atoms with Crippen LogP contribution in [-0.2, 0) is 0 Å². The maximum atomic E-state index is 6.65. The van der Waals surface area contributed by atoms with Crippen molar-refractivity contribution in [1.29, 1.82) is 0 Å². The van der Waals surface area contributed by atoms with Gasteiger partial charge in [-0.15, -0.1) is 22.7 Å². The Bertz CT molecular complexity index is 4180. The fourth-order valence-electron chi connectivity index (χ4n) is 9.31. The minimum Gasteiger partial charge on any atom is -0.456 e. The van der Waals surface area contributed by atoms with Crippen LogP contribution in [0.3, 0.4) is 0 Å². The van der Waals surface area contributed by atoms with Crippen LogP contribution in [-0.4, -0.2) is 24.5 Å². The number of pyridine rings is 1. The molecular formula is C56H31N5O2S2. The van der Waals surface area contributed by atoms with Gasteiger partial charge in [0.2, 0.25) is 0 Å². The SMILES string of the molecule is c1cncc(-n2c3ccccc3c3ccc(-c4nc(-c5ccc6c(c5)oc5cc(-c7ccc8c(c7)oc7ccccc78)ccc56)nc(-c5ccc(-c6cc7ccccc7s6)s5)n4)cc32)c1. The summed E-state index contributed by atoms with van der Waals surface area (Å²) in [6.07, 6.45) is 3.70. The van der Waals surface area contributed by atoms with Crippen molar-refractivity contribution >= 4 is 98.4 Å². The number of benzene rings is 7. The summed E-state index contributed by atoms with van der Waals surface area (Å²) in [6, 6.07) is 61.4. The van der Waals surface area contributed by atoms with Gasteiger partial charge in [-0.05, 0) is 108 Å². The summed E-state index contributed by atoms with van der Waals surface area (Å²) in [7, 11) is 0. The molecule has 14 rings (SSSR count). The molecule has 304 valence electrons. The van der Waals surface area contributed by atoms with Crippen LogP contribution in [0.1, 0.15) is 0 Å². The minimum absolute atomic E-state index is 0.567. The first-order valence-corrected chi connectivity index (χ1v) is 23.0. The fraction of sp³-hybridized carbons (Fsp3) is 0. The molecular weight excluding hydrogens is 839 g/mol. The zero-order valence-corrected chi connectivity index (χ0v) is 35.9. The van der Waals surface area contributed by atoms with E-state index in [2.05, 4.69) is 161 Å². The Morgan fingerprint density at radius 2 is 0.969 bits per heavy atom. The molecule has 0 saturated carbocycles. The lowest BCUT2D eigenvalue weighted by Crippen LogP contribution is -2.00. The van der Waals surface area contributed by atoms with Gasteiger partial charge >= 0.3 is 0 Å². The van der Waals surface area contributed by atoms with Gasteiger partial charge in [0.15, 0.2) is 17.5 Å². The molecule has 0 amide bonds. The molecule has 0 bridgehead atoms. The monoisotopic (exact) mass is 869 g/mol. The third kappa shape index (κ3) is 5.87. The fourth-order valence-corrected chi connectivity index (χ4v) is 11.4. The van der Waals surface area contributed by atoms with Gasteiger partial charge in [0.05, 0.1) is 27.8 Å². The van der Waals surface area contributed by atoms with Crippen LogP contribution in [0.25, 0.3) is 136 Å². The lowest BCUT2D eigenvalue weighted by molar-refractivity contribution is 0.668. The molecule has 0 aliphatic carbocycles. The first kappa shape index (κ1) is 36.3. The van der Waals surface area contributed by atoms with Crippen LogP contribution in [0, 0.1) is 0 Å². The molecule has 0 aliphatic heterocycles. The summed E-state index contributed by atoms with van der Waals surface area (Å²) < 4.78 is 16.4. The number of nitrogens with zero attached hydrogens (tertiary/aromatic N) is 5. The summed E-state index contributed by atoms with van der Waals surface area (Å²) in [5, 5.41) is 7.85. The summed E-state index contributed by atoms with van der Waals surface area (Å²) in [5.41, 5.74) is 10.3. The molecule has 14 aromatic rings. The highest BCUT2D eigenvalue weighted by Gasteiger charge is 2.20. The van der Waals surface area contributed by atoms with Gasteiger partial charge in [0, 0.05) is 64.1 Å². The molecule has 7 aromatic carbocycles. The Balaban J connectivity index is 0.904. The summed E-state index contributed by atoms with van der Waals surface area (Å²) >= 11 is 3.50. The third-order valence-electron chi connectivity index (χ3n) is 12.4. The van der Waals surface area contributed by atoms with Crippen molar-refractivity contribution in [1.82, 2.24) is 24.5 Å². The van der Waals surface area contributed by atoms with E-state index in [1.807, 2.05) is 30.5 Å². The van der Waals surface area contributed by atoms with Gasteiger partial charge in [0.1, 0.15) is 22.3 Å². The van der Waals surface area contributed by atoms with Gasteiger partial charge in [-0.1, -0.05) is 84.9 Å². The van der Waals surface area contributed by atoms with E-state index < -0.39 is 0 Å². The zero-order chi connectivity index (χ0) is 42.6. The predicted molar refractivity (Wildman–Crippen MR) is 267 cm³/mol. The lowest BCUT2D eigenvalue weighted by atomic mass is 10.0. The molecule has 0 spiro atoms. The Morgan fingerprint density at radius 1 is 0.385 bits per heavy atom. The Hall–Kier alpha value is -8.24. The molecule has 0 radical (unpaired) electrons. The average molecular weight is 870 g/mol. The van der Waals surface area contributed by atoms with Crippen molar-refractivity contribution in [2.24, 2.45) is 0 Å². The van der Waals surface area contributed by atoms with Crippen LogP contribution in [0.4, 0.5) is 0 Å². The van der Waals surface area contributed by atoms with Crippen LogP contribution < -0.4 is 0 Å². The maximum Gasteiger partial charge on any atom is 0.174 e. The molecule has 65 heavy (non-hydrogen) atoms. The van der Waals surface area contributed by atoms with E-state index in [0.29, 0.717) is 17.5 Å². The van der Waals surface area contributed by atoms with Crippen molar-refractivity contribution in [3.63, 3.8) is 0 Å². The minimum atomic E-state index is 0.567. The van der Waals surface area contributed by atoms with E-state index in [1.54, 1.807) is 28.9 Å². The number of rotatable bonds is 6. The smallest absolute Gasteiger partial charge is 0.174 e. The van der Waals surface area contributed by atoms with Crippen LogP contribution in [0.5, 0.6) is 0 Å². The molecule has 9 heteroatoms. The van der Waals surface area contributed by atoms with Crippen molar-refractivity contribution in [2.75, 3.05) is 0 Å². The van der Waals surface area contributed by atoms with E-state index in [-0.39, 0.29) is 0 Å². The number of para-hydroxylation sites is 2. The van der Waals surface area contributed by atoms with Crippen LogP contribution in [0.15, 0.2) is 197 Å². The topological polar surface area (TPSA) is 82.8 Å². The Kier molecular flexibility index (Phi) is 7.89. The number of fused-ring (bicyclic) bond motifs is 10. The second-order valence-electron chi connectivity index (χ2n) is 16.2. The summed E-state index contributed by atoms with van der Waals surface area (Å²) in [4.78, 5) is 23.5. The van der Waals surface area contributed by atoms with Crippen molar-refractivity contribution in [3.8, 4) is 60.0 Å². The lowest BCUT2D eigenvalue weighted by Gasteiger charge is -2.09. The van der Waals surface area contributed by atoms with Gasteiger partial charge in [0.25, 0.3) is 0 Å². The molecule has 7 nitrogen and oxygen atoms in total. The molecule has 0 fully saturated rings. The number of furan rings is 2. The van der Waals surface area contributed by atoms with E-state index in [9.17, 15) is 0 Å². The second kappa shape index (κ2) is 14.1. The third-order valence-corrected chi connectivity index (χ3v) is 14.8. The number of aromatic nitrogens is 5. The van der Waals surface area contributed by atoms with E-state index in [4.69, 9.17) is 23.8 Å². The zero-order valence-electron chi connectivity index (χ0n) is 34.3. The second-order valence-corrected chi connectivity index (χ2v) is 18.4. The maximum absolute atomic E-state index is 6.65. The molecule has 0 unspecified atom stereocenters. The van der Waals surface area contributed by atoms with Gasteiger partial charge < -0.3 is 13.4 Å². The highest BCUT2D eigenvalue weighted by molar-refractivity contribution is 7.27. The van der Waals surface area contributed by atoms with Crippen molar-refractivity contribution in [3.05, 3.63) is 188 Å². The Labute approximate surface area is 378 Å². The van der Waals surface area contributed by atoms with Crippen molar-refractivity contribution < 1.29 is 8.83 Å². The van der Waals surface area contributed by atoms with Crippen molar-refractivity contribution in [2.45, 2.75) is 0 Å². The Morgan fingerprint density at radius 3 is 1.72 bits per heavy atom. The predicted octanol–water partition coefficient (Wildman–Crippen LogP) is 15.8. The highest BCUT2D eigenvalue weighted by Crippen LogP contribution is 2.42. The normalized spacial score (nSPS) is 12.0. The molecule has 0 aliphatic rings. The molecule has 7 heterocycles. The largest absolute Gasteiger partial charge is 0.456 e. The quantitative estimate of drug-likeness (QED) is 0.166. The van der Waals surface area contributed by atoms with Gasteiger partial charge in [-0.25, -0.2) is 15.0 Å². The van der Waals surface area contributed by atoms with E-state index >= 15 is 0 Å². The molecule has 0 saturated heterocycles. The number of thiophene rings is 2. The van der Waals surface area contributed by atoms with Crippen LogP contribution >= 0.6 is 22.7 Å². The molecule has 7 aromatic heterocycles. The first-order valence-electron chi connectivity index (χ1n) is 21.3.